The highest BCUT2D eigenvalue weighted by atomic mass is 16.2. The van der Waals surface area contributed by atoms with E-state index in [1.165, 1.54) is 31.2 Å². The van der Waals surface area contributed by atoms with Gasteiger partial charge in [0.2, 0.25) is 5.91 Å². The van der Waals surface area contributed by atoms with Crippen LogP contribution in [0.5, 0.6) is 0 Å². The Morgan fingerprint density at radius 2 is 1.62 bits per heavy atom. The molecule has 1 aliphatic carbocycles. The Bertz CT molecular complexity index is 597. The van der Waals surface area contributed by atoms with Crippen LogP contribution in [0.2, 0.25) is 0 Å². The van der Waals surface area contributed by atoms with Gasteiger partial charge >= 0.3 is 0 Å². The SMILES string of the molecule is CCCc1ccc(C(=O)CCC(=O)N2CCN(C3CCCC3)CC2)cc1. The number of hydrogen-bond acceptors (Lipinski definition) is 3. The number of rotatable bonds is 7. The molecule has 1 saturated heterocycles. The summed E-state index contributed by atoms with van der Waals surface area (Å²) in [5.41, 5.74) is 1.99. The molecule has 4 heteroatoms. The molecule has 0 N–H and O–H groups in total. The monoisotopic (exact) mass is 356 g/mol. The molecule has 26 heavy (non-hydrogen) atoms. The molecule has 1 aliphatic heterocycles. The molecule has 4 nitrogen and oxygen atoms in total. The number of ketones is 1. The van der Waals surface area contributed by atoms with Gasteiger partial charge in [-0.05, 0) is 24.8 Å². The second kappa shape index (κ2) is 9.31. The lowest BCUT2D eigenvalue weighted by Crippen LogP contribution is -2.51. The standard InChI is InChI=1S/C22H32N2O2/c1-2-5-18-8-10-19(11-9-18)21(25)12-13-22(26)24-16-14-23(15-17-24)20-6-3-4-7-20/h8-11,20H,2-7,12-17H2,1H3. The molecule has 0 spiro atoms. The Labute approximate surface area is 157 Å². The van der Waals surface area contributed by atoms with E-state index < -0.39 is 0 Å². The molecule has 1 saturated carbocycles. The van der Waals surface area contributed by atoms with Crippen molar-refractivity contribution in [3.05, 3.63) is 35.4 Å². The summed E-state index contributed by atoms with van der Waals surface area (Å²) in [5.74, 6) is 0.206. The maximum atomic E-state index is 12.5. The molecular weight excluding hydrogens is 324 g/mol. The fourth-order valence-corrected chi connectivity index (χ4v) is 4.27. The van der Waals surface area contributed by atoms with Crippen LogP contribution in [0.3, 0.4) is 0 Å². The first-order valence-electron chi connectivity index (χ1n) is 10.3. The molecule has 142 valence electrons. The Balaban J connectivity index is 1.41. The van der Waals surface area contributed by atoms with E-state index in [2.05, 4.69) is 11.8 Å². The number of aryl methyl sites for hydroxylation is 1. The van der Waals surface area contributed by atoms with Crippen molar-refractivity contribution in [2.75, 3.05) is 26.2 Å². The van der Waals surface area contributed by atoms with Gasteiger partial charge in [0.1, 0.15) is 0 Å². The van der Waals surface area contributed by atoms with Gasteiger partial charge in [-0.25, -0.2) is 0 Å². The minimum atomic E-state index is 0.0750. The first kappa shape index (κ1) is 19.1. The summed E-state index contributed by atoms with van der Waals surface area (Å²) < 4.78 is 0. The van der Waals surface area contributed by atoms with Gasteiger partial charge in [-0.15, -0.1) is 0 Å². The first-order chi connectivity index (χ1) is 12.7. The predicted molar refractivity (Wildman–Crippen MR) is 104 cm³/mol. The van der Waals surface area contributed by atoms with E-state index in [4.69, 9.17) is 0 Å². The lowest BCUT2D eigenvalue weighted by atomic mass is 10.0. The van der Waals surface area contributed by atoms with Crippen molar-refractivity contribution in [3.63, 3.8) is 0 Å². The van der Waals surface area contributed by atoms with E-state index >= 15 is 0 Å². The molecule has 1 amide bonds. The van der Waals surface area contributed by atoms with Gasteiger partial charge in [0.05, 0.1) is 0 Å². The molecule has 1 heterocycles. The number of carbonyl (C=O) groups is 2. The average molecular weight is 357 g/mol. The number of piperazine rings is 1. The smallest absolute Gasteiger partial charge is 0.223 e. The molecule has 0 unspecified atom stereocenters. The summed E-state index contributed by atoms with van der Waals surface area (Å²) in [4.78, 5) is 29.3. The van der Waals surface area contributed by atoms with Crippen LogP contribution in [-0.2, 0) is 11.2 Å². The van der Waals surface area contributed by atoms with Crippen molar-refractivity contribution in [2.24, 2.45) is 0 Å². The Morgan fingerprint density at radius 1 is 0.962 bits per heavy atom. The molecule has 0 aromatic heterocycles. The first-order valence-corrected chi connectivity index (χ1v) is 10.3. The highest BCUT2D eigenvalue weighted by Gasteiger charge is 2.27. The van der Waals surface area contributed by atoms with Crippen LogP contribution < -0.4 is 0 Å². The summed E-state index contributed by atoms with van der Waals surface area (Å²) in [6.45, 7) is 5.76. The largest absolute Gasteiger partial charge is 0.340 e. The lowest BCUT2D eigenvalue weighted by molar-refractivity contribution is -0.133. The van der Waals surface area contributed by atoms with Crippen molar-refractivity contribution in [1.82, 2.24) is 9.80 Å². The van der Waals surface area contributed by atoms with Crippen molar-refractivity contribution in [2.45, 2.75) is 64.3 Å². The van der Waals surface area contributed by atoms with Crippen LogP contribution in [0.1, 0.15) is 67.8 Å². The van der Waals surface area contributed by atoms with Crippen molar-refractivity contribution in [3.8, 4) is 0 Å². The zero-order chi connectivity index (χ0) is 18.4. The normalized spacial score (nSPS) is 19.0. The molecule has 3 rings (SSSR count). The summed E-state index contributed by atoms with van der Waals surface area (Å²) >= 11 is 0. The Morgan fingerprint density at radius 3 is 2.23 bits per heavy atom. The van der Waals surface area contributed by atoms with E-state index in [0.717, 1.165) is 50.6 Å². The molecule has 0 bridgehead atoms. The molecule has 0 radical (unpaired) electrons. The third kappa shape index (κ3) is 4.94. The molecule has 2 fully saturated rings. The summed E-state index contributed by atoms with van der Waals surface area (Å²) in [7, 11) is 0. The van der Waals surface area contributed by atoms with Gasteiger partial charge in [-0.2, -0.15) is 0 Å². The summed E-state index contributed by atoms with van der Waals surface area (Å²) in [6, 6.07) is 8.60. The fraction of sp³-hybridized carbons (Fsp3) is 0.636. The minimum absolute atomic E-state index is 0.0750. The van der Waals surface area contributed by atoms with Gasteiger partial charge in [0.15, 0.2) is 5.78 Å². The van der Waals surface area contributed by atoms with Crippen molar-refractivity contribution in [1.29, 1.82) is 0 Å². The van der Waals surface area contributed by atoms with Crippen LogP contribution in [0, 0.1) is 0 Å². The lowest BCUT2D eigenvalue weighted by Gasteiger charge is -2.38. The third-order valence-electron chi connectivity index (χ3n) is 5.89. The molecule has 1 aromatic carbocycles. The quantitative estimate of drug-likeness (QED) is 0.700. The molecule has 0 atom stereocenters. The highest BCUT2D eigenvalue weighted by molar-refractivity contribution is 5.98. The van der Waals surface area contributed by atoms with Crippen LogP contribution in [0.25, 0.3) is 0 Å². The van der Waals surface area contributed by atoms with E-state index in [1.807, 2.05) is 29.2 Å². The van der Waals surface area contributed by atoms with Crippen molar-refractivity contribution < 1.29 is 9.59 Å². The number of Topliss-reactive ketones (excluding diaryl/α,β-unsaturated/α-hetero) is 1. The highest BCUT2D eigenvalue weighted by Crippen LogP contribution is 2.24. The van der Waals surface area contributed by atoms with Crippen LogP contribution >= 0.6 is 0 Å². The average Bonchev–Trinajstić information content (AvgIpc) is 3.21. The maximum absolute atomic E-state index is 12.5. The predicted octanol–water partition coefficient (Wildman–Crippen LogP) is 3.69. The summed E-state index contributed by atoms with van der Waals surface area (Å²) in [5, 5.41) is 0. The van der Waals surface area contributed by atoms with E-state index in [9.17, 15) is 9.59 Å². The van der Waals surface area contributed by atoms with Crippen LogP contribution in [0.15, 0.2) is 24.3 Å². The third-order valence-corrected chi connectivity index (χ3v) is 5.89. The van der Waals surface area contributed by atoms with Gasteiger partial charge in [0, 0.05) is 50.6 Å². The van der Waals surface area contributed by atoms with Gasteiger partial charge in [0.25, 0.3) is 0 Å². The number of benzene rings is 1. The molecule has 1 aromatic rings. The Hall–Kier alpha value is -1.68. The minimum Gasteiger partial charge on any atom is -0.340 e. The van der Waals surface area contributed by atoms with Gasteiger partial charge < -0.3 is 4.90 Å². The van der Waals surface area contributed by atoms with E-state index in [1.54, 1.807) is 0 Å². The van der Waals surface area contributed by atoms with Crippen LogP contribution in [0.4, 0.5) is 0 Å². The molecular formula is C22H32N2O2. The van der Waals surface area contributed by atoms with E-state index in [0.29, 0.717) is 12.8 Å². The Kier molecular flexibility index (Phi) is 6.84. The van der Waals surface area contributed by atoms with E-state index in [-0.39, 0.29) is 11.7 Å². The number of amides is 1. The van der Waals surface area contributed by atoms with Gasteiger partial charge in [-0.1, -0.05) is 50.5 Å². The number of hydrogen-bond donors (Lipinski definition) is 0. The zero-order valence-corrected chi connectivity index (χ0v) is 16.1. The zero-order valence-electron chi connectivity index (χ0n) is 16.1. The fourth-order valence-electron chi connectivity index (χ4n) is 4.27. The summed E-state index contributed by atoms with van der Waals surface area (Å²) in [6.07, 6.45) is 8.14. The maximum Gasteiger partial charge on any atom is 0.223 e. The second-order valence-corrected chi connectivity index (χ2v) is 7.73. The van der Waals surface area contributed by atoms with Gasteiger partial charge in [-0.3, -0.25) is 14.5 Å². The topological polar surface area (TPSA) is 40.6 Å². The van der Waals surface area contributed by atoms with Crippen LogP contribution in [-0.4, -0.2) is 53.7 Å². The molecule has 2 aliphatic rings. The van der Waals surface area contributed by atoms with Crippen molar-refractivity contribution >= 4 is 11.7 Å². The number of nitrogens with zero attached hydrogens (tertiary/aromatic N) is 2. The second-order valence-electron chi connectivity index (χ2n) is 7.73. The number of carbonyl (C=O) groups excluding carboxylic acids is 2.